The monoisotopic (exact) mass is 369 g/mol. The number of hydrogen-bond acceptors (Lipinski definition) is 5. The molecule has 0 bridgehead atoms. The zero-order valence-electron chi connectivity index (χ0n) is 15.7. The van der Waals surface area contributed by atoms with E-state index < -0.39 is 18.0 Å². The lowest BCUT2D eigenvalue weighted by atomic mass is 10.1. The fourth-order valence-corrected chi connectivity index (χ4v) is 3.13. The van der Waals surface area contributed by atoms with Crippen LogP contribution in [-0.4, -0.2) is 32.2 Å². The summed E-state index contributed by atoms with van der Waals surface area (Å²) in [5.74, 6) is 0.108. The minimum absolute atomic E-state index is 0.447. The van der Waals surface area contributed by atoms with Crippen LogP contribution in [-0.2, 0) is 22.4 Å². The van der Waals surface area contributed by atoms with Crippen molar-refractivity contribution in [1.82, 2.24) is 0 Å². The Morgan fingerprint density at radius 2 is 1.78 bits per heavy atom. The van der Waals surface area contributed by atoms with Crippen LogP contribution in [0.5, 0.6) is 11.5 Å². The molecule has 0 saturated heterocycles. The summed E-state index contributed by atoms with van der Waals surface area (Å²) < 4.78 is 15.7. The molecule has 6 nitrogen and oxygen atoms in total. The Bertz CT molecular complexity index is 862. The molecule has 6 heteroatoms. The summed E-state index contributed by atoms with van der Waals surface area (Å²) in [5, 5.41) is 2.71. The van der Waals surface area contributed by atoms with Gasteiger partial charge in [0.25, 0.3) is 5.91 Å². The first-order valence-corrected chi connectivity index (χ1v) is 8.87. The van der Waals surface area contributed by atoms with E-state index in [0.717, 1.165) is 19.3 Å². The van der Waals surface area contributed by atoms with Gasteiger partial charge >= 0.3 is 5.97 Å². The molecule has 1 unspecified atom stereocenters. The third-order valence-electron chi connectivity index (χ3n) is 4.65. The van der Waals surface area contributed by atoms with E-state index in [1.807, 2.05) is 12.1 Å². The molecule has 1 aliphatic rings. The highest BCUT2D eigenvalue weighted by atomic mass is 16.5. The fourth-order valence-electron chi connectivity index (χ4n) is 3.13. The van der Waals surface area contributed by atoms with E-state index in [1.165, 1.54) is 32.3 Å². The number of methoxy groups -OCH3 is 2. The Hall–Kier alpha value is -3.02. The molecular weight excluding hydrogens is 346 g/mol. The highest BCUT2D eigenvalue weighted by molar-refractivity contribution is 5.98. The molecule has 2 aromatic rings. The highest BCUT2D eigenvalue weighted by Crippen LogP contribution is 2.29. The third-order valence-corrected chi connectivity index (χ3v) is 4.65. The van der Waals surface area contributed by atoms with Crippen molar-refractivity contribution < 1.29 is 23.8 Å². The molecule has 1 amide bonds. The van der Waals surface area contributed by atoms with Crippen LogP contribution >= 0.6 is 0 Å². The third kappa shape index (κ3) is 4.22. The van der Waals surface area contributed by atoms with Crippen LogP contribution in [0, 0.1) is 0 Å². The van der Waals surface area contributed by atoms with Crippen molar-refractivity contribution in [3.05, 3.63) is 53.1 Å². The molecular formula is C21H23NO5. The number of carbonyl (C=O) groups is 2. The molecule has 3 rings (SSSR count). The lowest BCUT2D eigenvalue weighted by Crippen LogP contribution is -2.30. The van der Waals surface area contributed by atoms with Gasteiger partial charge in [-0.1, -0.05) is 6.07 Å². The summed E-state index contributed by atoms with van der Waals surface area (Å²) in [4.78, 5) is 24.8. The van der Waals surface area contributed by atoms with Gasteiger partial charge in [0.1, 0.15) is 11.5 Å². The quantitative estimate of drug-likeness (QED) is 0.790. The summed E-state index contributed by atoms with van der Waals surface area (Å²) in [6.45, 7) is 1.53. The summed E-state index contributed by atoms with van der Waals surface area (Å²) in [6, 6.07) is 10.6. The first-order chi connectivity index (χ1) is 13.0. The summed E-state index contributed by atoms with van der Waals surface area (Å²) in [7, 11) is 3.04. The molecule has 0 aliphatic heterocycles. The molecule has 0 spiro atoms. The lowest BCUT2D eigenvalue weighted by molar-refractivity contribution is -0.123. The number of carbonyl (C=O) groups excluding carboxylic acids is 2. The maximum absolute atomic E-state index is 12.4. The van der Waals surface area contributed by atoms with Gasteiger partial charge in [-0.3, -0.25) is 4.79 Å². The molecule has 0 radical (unpaired) electrons. The zero-order valence-corrected chi connectivity index (χ0v) is 15.7. The maximum atomic E-state index is 12.4. The smallest absolute Gasteiger partial charge is 0.338 e. The van der Waals surface area contributed by atoms with Gasteiger partial charge in [-0.05, 0) is 61.6 Å². The Kier molecular flexibility index (Phi) is 5.64. The van der Waals surface area contributed by atoms with Crippen molar-refractivity contribution in [3.63, 3.8) is 0 Å². The average Bonchev–Trinajstić information content (AvgIpc) is 3.15. The van der Waals surface area contributed by atoms with Crippen LogP contribution in [0.25, 0.3) is 0 Å². The Morgan fingerprint density at radius 3 is 2.52 bits per heavy atom. The number of fused-ring (bicyclic) bond motifs is 1. The average molecular weight is 369 g/mol. The van der Waals surface area contributed by atoms with Gasteiger partial charge in [0.15, 0.2) is 6.10 Å². The van der Waals surface area contributed by atoms with E-state index >= 15 is 0 Å². The predicted octanol–water partition coefficient (Wildman–Crippen LogP) is 3.38. The van der Waals surface area contributed by atoms with Gasteiger partial charge in [-0.25, -0.2) is 4.79 Å². The van der Waals surface area contributed by atoms with Crippen molar-refractivity contribution in [3.8, 4) is 11.5 Å². The molecule has 1 aliphatic carbocycles. The van der Waals surface area contributed by atoms with Gasteiger partial charge in [0, 0.05) is 6.07 Å². The largest absolute Gasteiger partial charge is 0.497 e. The molecule has 1 atom stereocenters. The van der Waals surface area contributed by atoms with Crippen molar-refractivity contribution in [1.29, 1.82) is 0 Å². The predicted molar refractivity (Wildman–Crippen MR) is 102 cm³/mol. The van der Waals surface area contributed by atoms with Crippen LogP contribution in [0.1, 0.15) is 34.8 Å². The standard InChI is InChI=1S/C21H23NO5/c1-13(20(23)22-18-12-17(25-2)9-10-19(18)26-3)27-21(24)16-8-7-14-5-4-6-15(14)11-16/h7-13H,4-6H2,1-3H3,(H,22,23). The number of amides is 1. The second kappa shape index (κ2) is 8.12. The van der Waals surface area contributed by atoms with Crippen molar-refractivity contribution in [2.75, 3.05) is 19.5 Å². The van der Waals surface area contributed by atoms with E-state index in [0.29, 0.717) is 22.7 Å². The second-order valence-electron chi connectivity index (χ2n) is 6.44. The van der Waals surface area contributed by atoms with Crippen LogP contribution < -0.4 is 14.8 Å². The number of aryl methyl sites for hydroxylation is 2. The maximum Gasteiger partial charge on any atom is 0.338 e. The topological polar surface area (TPSA) is 73.9 Å². The number of nitrogens with one attached hydrogen (secondary N) is 1. The minimum atomic E-state index is -0.957. The number of ether oxygens (including phenoxy) is 3. The van der Waals surface area contributed by atoms with E-state index in [9.17, 15) is 9.59 Å². The summed E-state index contributed by atoms with van der Waals surface area (Å²) >= 11 is 0. The lowest BCUT2D eigenvalue weighted by Gasteiger charge is -2.16. The van der Waals surface area contributed by atoms with Crippen molar-refractivity contribution in [2.45, 2.75) is 32.3 Å². The number of benzene rings is 2. The molecule has 142 valence electrons. The molecule has 1 N–H and O–H groups in total. The van der Waals surface area contributed by atoms with E-state index in [4.69, 9.17) is 14.2 Å². The van der Waals surface area contributed by atoms with Crippen molar-refractivity contribution in [2.24, 2.45) is 0 Å². The minimum Gasteiger partial charge on any atom is -0.497 e. The molecule has 0 fully saturated rings. The summed E-state index contributed by atoms with van der Waals surface area (Å²) in [6.07, 6.45) is 2.17. The fraction of sp³-hybridized carbons (Fsp3) is 0.333. The van der Waals surface area contributed by atoms with Gasteiger partial charge in [-0.15, -0.1) is 0 Å². The van der Waals surface area contributed by atoms with E-state index in [-0.39, 0.29) is 0 Å². The first-order valence-electron chi connectivity index (χ1n) is 8.87. The number of esters is 1. The van der Waals surface area contributed by atoms with Crippen LogP contribution in [0.2, 0.25) is 0 Å². The normalized spacial score (nSPS) is 13.4. The van der Waals surface area contributed by atoms with Crippen LogP contribution in [0.4, 0.5) is 5.69 Å². The van der Waals surface area contributed by atoms with E-state index in [2.05, 4.69) is 5.32 Å². The Labute approximate surface area is 158 Å². The molecule has 2 aromatic carbocycles. The Morgan fingerprint density at radius 1 is 1.00 bits per heavy atom. The SMILES string of the molecule is COc1ccc(OC)c(NC(=O)C(C)OC(=O)c2ccc3c(c2)CCC3)c1. The van der Waals surface area contributed by atoms with Gasteiger partial charge < -0.3 is 19.5 Å². The molecule has 0 saturated carbocycles. The second-order valence-corrected chi connectivity index (χ2v) is 6.44. The van der Waals surface area contributed by atoms with Gasteiger partial charge in [-0.2, -0.15) is 0 Å². The number of anilines is 1. The van der Waals surface area contributed by atoms with Crippen molar-refractivity contribution >= 4 is 17.6 Å². The zero-order chi connectivity index (χ0) is 19.4. The van der Waals surface area contributed by atoms with Gasteiger partial charge in [0.2, 0.25) is 0 Å². The number of hydrogen-bond donors (Lipinski definition) is 1. The molecule has 0 heterocycles. The van der Waals surface area contributed by atoms with Gasteiger partial charge in [0.05, 0.1) is 25.5 Å². The highest BCUT2D eigenvalue weighted by Gasteiger charge is 2.22. The Balaban J connectivity index is 1.66. The van der Waals surface area contributed by atoms with E-state index in [1.54, 1.807) is 24.3 Å². The molecule has 0 aromatic heterocycles. The number of rotatable bonds is 6. The van der Waals surface area contributed by atoms with Crippen LogP contribution in [0.15, 0.2) is 36.4 Å². The van der Waals surface area contributed by atoms with Crippen LogP contribution in [0.3, 0.4) is 0 Å². The summed E-state index contributed by atoms with van der Waals surface area (Å²) in [5.41, 5.74) is 3.38. The molecule has 27 heavy (non-hydrogen) atoms. The first kappa shape index (κ1) is 18.8.